The van der Waals surface area contributed by atoms with Crippen LogP contribution in [0.15, 0.2) is 0 Å². The molecule has 0 spiro atoms. The summed E-state index contributed by atoms with van der Waals surface area (Å²) in [5, 5.41) is 2.59. The Morgan fingerprint density at radius 1 is 0.773 bits per heavy atom. The van der Waals surface area contributed by atoms with Crippen LogP contribution in [0.3, 0.4) is 0 Å². The van der Waals surface area contributed by atoms with E-state index in [1.807, 2.05) is 0 Å². The predicted octanol–water partition coefficient (Wildman–Crippen LogP) is 3.53. The Kier molecular flexibility index (Phi) is 8.44. The van der Waals surface area contributed by atoms with Crippen LogP contribution in [0, 0.1) is 0 Å². The molecule has 0 fully saturated rings. The summed E-state index contributed by atoms with van der Waals surface area (Å²) in [5.41, 5.74) is 0. The monoisotopic (exact) mass is 380 g/mol. The zero-order chi connectivity index (χ0) is 17.7. The van der Waals surface area contributed by atoms with Crippen LogP contribution in [0.1, 0.15) is 6.42 Å². The second-order valence-electron chi connectivity index (χ2n) is 8.46. The first-order chi connectivity index (χ1) is 9.68. The Labute approximate surface area is 140 Å². The molecule has 131 valence electrons. The van der Waals surface area contributed by atoms with Crippen molar-refractivity contribution in [3.63, 3.8) is 0 Å². The molecule has 0 aromatic heterocycles. The van der Waals surface area contributed by atoms with E-state index in [9.17, 15) is 4.79 Å². The van der Waals surface area contributed by atoms with Gasteiger partial charge in [-0.3, -0.25) is 4.79 Å². The van der Waals surface area contributed by atoms with Gasteiger partial charge >= 0.3 is 15.2 Å². The van der Waals surface area contributed by atoms with Crippen LogP contribution in [0.5, 0.6) is 0 Å². The molecule has 0 rings (SSSR count). The summed E-state index contributed by atoms with van der Waals surface area (Å²) in [6.07, 6.45) is 2.51. The molecule has 0 atom stereocenters. The zero-order valence-corrected chi connectivity index (χ0v) is 19.8. The third-order valence-corrected chi connectivity index (χ3v) is 14.3. The van der Waals surface area contributed by atoms with E-state index in [0.29, 0.717) is 6.54 Å². The van der Waals surface area contributed by atoms with Gasteiger partial charge < -0.3 is 17.7 Å². The van der Waals surface area contributed by atoms with Crippen LogP contribution in [0.25, 0.3) is 0 Å². The minimum atomic E-state index is -2.74. The van der Waals surface area contributed by atoms with Gasteiger partial charge in [0.05, 0.1) is 0 Å². The molecule has 0 aromatic carbocycles. The predicted molar refractivity (Wildman–Crippen MR) is 102 cm³/mol. The lowest BCUT2D eigenvalue weighted by Crippen LogP contribution is -2.60. The number of nitrogens with one attached hydrogen (secondary N) is 1. The van der Waals surface area contributed by atoms with Crippen LogP contribution in [0.2, 0.25) is 65.0 Å². The smallest absolute Gasteiger partial charge is 0.417 e. The normalized spacial score (nSPS) is 14.0. The molecule has 1 amide bonds. The molecule has 0 bridgehead atoms. The molecule has 0 unspecified atom stereocenters. The van der Waals surface area contributed by atoms with Gasteiger partial charge in [0, 0.05) is 12.6 Å². The van der Waals surface area contributed by atoms with Gasteiger partial charge in [0.1, 0.15) is 0 Å². The molecule has 0 aliphatic heterocycles. The first-order valence-electron chi connectivity index (χ1n) is 7.89. The highest BCUT2D eigenvalue weighted by Gasteiger charge is 2.49. The van der Waals surface area contributed by atoms with Crippen molar-refractivity contribution in [1.82, 2.24) is 5.32 Å². The summed E-state index contributed by atoms with van der Waals surface area (Å²) in [6.45, 7) is 20.1. The summed E-state index contributed by atoms with van der Waals surface area (Å²) in [5.74, 6) is 0. The third-order valence-electron chi connectivity index (χ3n) is 2.24. The minimum absolute atomic E-state index is 0.581. The van der Waals surface area contributed by atoms with E-state index in [0.717, 1.165) is 12.5 Å². The van der Waals surface area contributed by atoms with Crippen molar-refractivity contribution in [1.29, 1.82) is 0 Å². The summed E-state index contributed by atoms with van der Waals surface area (Å²) >= 11 is 0. The van der Waals surface area contributed by atoms with E-state index in [1.165, 1.54) is 0 Å². The zero-order valence-electron chi connectivity index (χ0n) is 15.8. The average Bonchev–Trinajstić information content (AvgIpc) is 2.16. The number of hydrogen-bond acceptors (Lipinski definition) is 4. The van der Waals surface area contributed by atoms with E-state index in [1.54, 1.807) is 6.41 Å². The Morgan fingerprint density at radius 3 is 1.41 bits per heavy atom. The van der Waals surface area contributed by atoms with E-state index in [2.05, 4.69) is 64.2 Å². The molecule has 0 saturated heterocycles. The number of rotatable bonds is 11. The number of amides is 1. The fraction of sp³-hybridized carbons (Fsp3) is 0.923. The third kappa shape index (κ3) is 11.7. The van der Waals surface area contributed by atoms with E-state index >= 15 is 0 Å². The van der Waals surface area contributed by atoms with E-state index in [4.69, 9.17) is 12.3 Å². The largest absolute Gasteiger partial charge is 0.469 e. The van der Waals surface area contributed by atoms with Gasteiger partial charge in [-0.1, -0.05) is 0 Å². The van der Waals surface area contributed by atoms with Crippen molar-refractivity contribution in [2.75, 3.05) is 6.54 Å². The maximum Gasteiger partial charge on any atom is 0.469 e. The van der Waals surface area contributed by atoms with E-state index in [-0.39, 0.29) is 0 Å². The van der Waals surface area contributed by atoms with E-state index < -0.39 is 33.8 Å². The fourth-order valence-electron chi connectivity index (χ4n) is 2.06. The summed E-state index contributed by atoms with van der Waals surface area (Å²) in [7, 11) is -8.14. The lowest BCUT2D eigenvalue weighted by molar-refractivity contribution is 0.250. The molecule has 22 heavy (non-hydrogen) atoms. The quantitative estimate of drug-likeness (QED) is 0.338. The highest BCUT2D eigenvalue weighted by molar-refractivity contribution is 6.90. The maximum absolute atomic E-state index is 10.3. The highest BCUT2D eigenvalue weighted by Crippen LogP contribution is 2.29. The minimum Gasteiger partial charge on any atom is -0.417 e. The second kappa shape index (κ2) is 8.36. The van der Waals surface area contributed by atoms with Crippen LogP contribution in [0.4, 0.5) is 0 Å². The van der Waals surface area contributed by atoms with Gasteiger partial charge in [0.25, 0.3) is 0 Å². The van der Waals surface area contributed by atoms with Crippen LogP contribution < -0.4 is 5.32 Å². The van der Waals surface area contributed by atoms with Gasteiger partial charge in [0.2, 0.25) is 0 Å². The standard InChI is InChI=1S/C13H34NO4Si4/c1-19(2,3)16-22(17-20(4,5)6,18-21(7,8)9)12-10-11-14-13-15/h10-12H2,1-9H3,(H,14,15). The number of carbonyl (C=O) groups excluding carboxylic acids is 1. The molecule has 0 aromatic rings. The molecule has 0 heterocycles. The molecule has 9 heteroatoms. The molecule has 0 saturated carbocycles. The maximum atomic E-state index is 10.3. The second-order valence-corrected chi connectivity index (χ2v) is 25.4. The molecule has 0 aliphatic carbocycles. The first-order valence-corrected chi connectivity index (χ1v) is 20.0. The Hall–Kier alpha value is 0.218. The Morgan fingerprint density at radius 2 is 1.14 bits per heavy atom. The summed E-state index contributed by atoms with van der Waals surface area (Å²) in [4.78, 5) is 10.3. The SMILES string of the molecule is C[Si](C)(C)O[Si](CCCN[C]=O)(O[Si](C)(C)C)O[Si](C)(C)C. The van der Waals surface area contributed by atoms with Crippen molar-refractivity contribution in [3.05, 3.63) is 0 Å². The van der Waals surface area contributed by atoms with Crippen molar-refractivity contribution in [3.8, 4) is 0 Å². The van der Waals surface area contributed by atoms with Crippen LogP contribution >= 0.6 is 0 Å². The van der Waals surface area contributed by atoms with Gasteiger partial charge in [-0.2, -0.15) is 0 Å². The average molecular weight is 381 g/mol. The van der Waals surface area contributed by atoms with Gasteiger partial charge in [0.15, 0.2) is 25.0 Å². The molecular weight excluding hydrogens is 346 g/mol. The van der Waals surface area contributed by atoms with Crippen molar-refractivity contribution < 1.29 is 17.1 Å². The molecular formula is C13H34NO4Si4. The summed E-state index contributed by atoms with van der Waals surface area (Å²) < 4.78 is 19.6. The molecule has 0 aliphatic rings. The topological polar surface area (TPSA) is 56.8 Å². The molecule has 1 radical (unpaired) electrons. The lowest BCUT2D eigenvalue weighted by Gasteiger charge is -2.42. The number of hydrogen-bond donors (Lipinski definition) is 1. The molecule has 1 N–H and O–H groups in total. The Bertz CT molecular complexity index is 307. The fourth-order valence-corrected chi connectivity index (χ4v) is 16.7. The summed E-state index contributed by atoms with van der Waals surface area (Å²) in [6, 6.07) is 0.750. The molecule has 5 nitrogen and oxygen atoms in total. The van der Waals surface area contributed by atoms with Crippen LogP contribution in [-0.4, -0.2) is 46.7 Å². The van der Waals surface area contributed by atoms with Gasteiger partial charge in [-0.25, -0.2) is 0 Å². The highest BCUT2D eigenvalue weighted by atomic mass is 28.5. The van der Waals surface area contributed by atoms with Crippen LogP contribution in [-0.2, 0) is 17.1 Å². The Balaban J connectivity index is 5.33. The first kappa shape index (κ1) is 22.2. The van der Waals surface area contributed by atoms with Crippen molar-refractivity contribution in [2.45, 2.75) is 71.4 Å². The van der Waals surface area contributed by atoms with Crippen molar-refractivity contribution >= 4 is 40.2 Å². The van der Waals surface area contributed by atoms with Gasteiger partial charge in [-0.15, -0.1) is 0 Å². The lowest BCUT2D eigenvalue weighted by atomic mass is 10.5. The van der Waals surface area contributed by atoms with Crippen molar-refractivity contribution in [2.24, 2.45) is 0 Å². The van der Waals surface area contributed by atoms with Gasteiger partial charge in [-0.05, 0) is 65.3 Å².